The zero-order valence-electron chi connectivity index (χ0n) is 21.6. The van der Waals surface area contributed by atoms with Gasteiger partial charge in [-0.2, -0.15) is 0 Å². The number of methoxy groups -OCH3 is 2. The first-order chi connectivity index (χ1) is 18.9. The van der Waals surface area contributed by atoms with Crippen molar-refractivity contribution in [1.82, 2.24) is 5.16 Å². The van der Waals surface area contributed by atoms with E-state index in [-0.39, 0.29) is 17.2 Å². The highest BCUT2D eigenvalue weighted by molar-refractivity contribution is 6.51. The van der Waals surface area contributed by atoms with Crippen LogP contribution in [-0.4, -0.2) is 36.2 Å². The normalized spacial score (nSPS) is 16.4. The molecule has 0 bridgehead atoms. The standard InChI is InChI=1S/C30H26N2O7/c1-18-15-25(31-39-18)32-27(26(29(34)30(32)35)28(33)20-9-12-22(36-2)13-10-20)21-11-14-23(24(16-21)37-3)38-17-19-7-5-4-6-8-19/h4-16,27,33H,17H2,1-3H3/t27-/m1/s1. The average molecular weight is 527 g/mol. The van der Waals surface area contributed by atoms with Crippen LogP contribution in [0, 0.1) is 6.92 Å². The number of aryl methyl sites for hydroxylation is 1. The molecule has 3 aromatic carbocycles. The molecule has 2 heterocycles. The number of nitrogens with zero attached hydrogens (tertiary/aromatic N) is 2. The third-order valence-corrected chi connectivity index (χ3v) is 6.41. The van der Waals surface area contributed by atoms with Gasteiger partial charge in [0.15, 0.2) is 17.3 Å². The van der Waals surface area contributed by atoms with E-state index in [0.29, 0.717) is 40.7 Å². The van der Waals surface area contributed by atoms with Gasteiger partial charge in [0, 0.05) is 11.6 Å². The van der Waals surface area contributed by atoms with Gasteiger partial charge in [-0.3, -0.25) is 14.5 Å². The minimum atomic E-state index is -1.01. The van der Waals surface area contributed by atoms with Crippen LogP contribution in [0.2, 0.25) is 0 Å². The second-order valence-corrected chi connectivity index (χ2v) is 8.88. The van der Waals surface area contributed by atoms with Gasteiger partial charge in [0.05, 0.1) is 25.8 Å². The van der Waals surface area contributed by atoms with Gasteiger partial charge in [0.1, 0.15) is 23.9 Å². The summed E-state index contributed by atoms with van der Waals surface area (Å²) in [5.74, 6) is 0.0534. The fourth-order valence-electron chi connectivity index (χ4n) is 4.46. The zero-order valence-corrected chi connectivity index (χ0v) is 21.6. The summed E-state index contributed by atoms with van der Waals surface area (Å²) >= 11 is 0. The van der Waals surface area contributed by atoms with Crippen LogP contribution in [0.4, 0.5) is 5.82 Å². The smallest absolute Gasteiger partial charge is 0.301 e. The average Bonchev–Trinajstić information content (AvgIpc) is 3.51. The van der Waals surface area contributed by atoms with E-state index < -0.39 is 17.7 Å². The Hall–Kier alpha value is -5.05. The topological polar surface area (TPSA) is 111 Å². The van der Waals surface area contributed by atoms with Crippen molar-refractivity contribution in [2.75, 3.05) is 19.1 Å². The van der Waals surface area contributed by atoms with E-state index in [1.54, 1.807) is 55.5 Å². The minimum absolute atomic E-state index is 0.0918. The number of hydrogen-bond donors (Lipinski definition) is 1. The Kier molecular flexibility index (Phi) is 7.05. The second-order valence-electron chi connectivity index (χ2n) is 8.88. The number of aromatic nitrogens is 1. The second kappa shape index (κ2) is 10.7. The molecule has 0 aliphatic carbocycles. The maximum absolute atomic E-state index is 13.4. The molecule has 1 saturated heterocycles. The van der Waals surface area contributed by atoms with Crippen LogP contribution in [0.25, 0.3) is 5.76 Å². The predicted molar refractivity (Wildman–Crippen MR) is 143 cm³/mol. The van der Waals surface area contributed by atoms with Crippen LogP contribution in [-0.2, 0) is 16.2 Å². The van der Waals surface area contributed by atoms with Crippen molar-refractivity contribution in [1.29, 1.82) is 0 Å². The summed E-state index contributed by atoms with van der Waals surface area (Å²) in [5.41, 5.74) is 1.75. The van der Waals surface area contributed by atoms with E-state index in [0.717, 1.165) is 5.56 Å². The quantitative estimate of drug-likeness (QED) is 0.189. The molecule has 1 aliphatic heterocycles. The molecule has 0 radical (unpaired) electrons. The van der Waals surface area contributed by atoms with E-state index >= 15 is 0 Å². The van der Waals surface area contributed by atoms with Gasteiger partial charge in [-0.05, 0) is 54.4 Å². The molecular weight excluding hydrogens is 500 g/mol. The molecule has 5 rings (SSSR count). The van der Waals surface area contributed by atoms with Crippen LogP contribution in [0.5, 0.6) is 17.2 Å². The van der Waals surface area contributed by atoms with Crippen molar-refractivity contribution in [3.8, 4) is 17.2 Å². The van der Waals surface area contributed by atoms with Gasteiger partial charge in [-0.1, -0.05) is 41.6 Å². The SMILES string of the molecule is COc1ccc(C(O)=C2C(=O)C(=O)N(c3cc(C)on3)[C@@H]2c2ccc(OCc3ccccc3)c(OC)c2)cc1. The Labute approximate surface area is 224 Å². The molecule has 1 atom stereocenters. The summed E-state index contributed by atoms with van der Waals surface area (Å²) in [6, 6.07) is 21.9. The molecule has 1 aliphatic rings. The number of amides is 1. The molecule has 198 valence electrons. The van der Waals surface area contributed by atoms with E-state index in [9.17, 15) is 14.7 Å². The van der Waals surface area contributed by atoms with Crippen molar-refractivity contribution in [3.05, 3.63) is 107 Å². The number of Topliss-reactive ketones (excluding diaryl/α,β-unsaturated/α-hetero) is 1. The van der Waals surface area contributed by atoms with Gasteiger partial charge in [-0.25, -0.2) is 0 Å². The van der Waals surface area contributed by atoms with E-state index in [1.807, 2.05) is 30.3 Å². The number of anilines is 1. The van der Waals surface area contributed by atoms with Crippen LogP contribution in [0.15, 0.2) is 89.0 Å². The fraction of sp³-hybridized carbons (Fsp3) is 0.167. The van der Waals surface area contributed by atoms with Gasteiger partial charge >= 0.3 is 5.91 Å². The summed E-state index contributed by atoms with van der Waals surface area (Å²) < 4.78 is 22.0. The number of hydrogen-bond acceptors (Lipinski definition) is 8. The first-order valence-corrected chi connectivity index (χ1v) is 12.1. The number of aliphatic hydroxyl groups excluding tert-OH is 1. The van der Waals surface area contributed by atoms with Crippen LogP contribution >= 0.6 is 0 Å². The third-order valence-electron chi connectivity index (χ3n) is 6.41. The number of aliphatic hydroxyl groups is 1. The highest BCUT2D eigenvalue weighted by Crippen LogP contribution is 2.44. The van der Waals surface area contributed by atoms with E-state index in [2.05, 4.69) is 5.16 Å². The molecule has 0 unspecified atom stereocenters. The molecule has 9 nitrogen and oxygen atoms in total. The van der Waals surface area contributed by atoms with Crippen molar-refractivity contribution < 1.29 is 33.4 Å². The number of carbonyl (C=O) groups is 2. The molecule has 9 heteroatoms. The molecule has 0 saturated carbocycles. The monoisotopic (exact) mass is 526 g/mol. The lowest BCUT2D eigenvalue weighted by Gasteiger charge is -2.24. The predicted octanol–water partition coefficient (Wildman–Crippen LogP) is 5.21. The van der Waals surface area contributed by atoms with Crippen molar-refractivity contribution in [3.63, 3.8) is 0 Å². The summed E-state index contributed by atoms with van der Waals surface area (Å²) in [4.78, 5) is 27.9. The number of rotatable bonds is 8. The summed E-state index contributed by atoms with van der Waals surface area (Å²) in [6.07, 6.45) is 0. The van der Waals surface area contributed by atoms with Crippen LogP contribution < -0.4 is 19.1 Å². The van der Waals surface area contributed by atoms with Gasteiger partial charge in [0.2, 0.25) is 0 Å². The number of ether oxygens (including phenoxy) is 3. The molecule has 1 aromatic heterocycles. The third kappa shape index (κ3) is 4.94. The highest BCUT2D eigenvalue weighted by atomic mass is 16.5. The molecule has 39 heavy (non-hydrogen) atoms. The first-order valence-electron chi connectivity index (χ1n) is 12.1. The number of ketones is 1. The Morgan fingerprint density at radius 3 is 2.33 bits per heavy atom. The Bertz CT molecular complexity index is 1540. The molecule has 0 spiro atoms. The first kappa shape index (κ1) is 25.6. The number of benzene rings is 3. The van der Waals surface area contributed by atoms with Crippen molar-refractivity contribution in [2.24, 2.45) is 0 Å². The van der Waals surface area contributed by atoms with Crippen molar-refractivity contribution >= 4 is 23.3 Å². The minimum Gasteiger partial charge on any atom is -0.507 e. The maximum atomic E-state index is 13.4. The van der Waals surface area contributed by atoms with Crippen LogP contribution in [0.1, 0.15) is 28.5 Å². The summed E-state index contributed by atoms with van der Waals surface area (Å²) in [5, 5.41) is 15.3. The lowest BCUT2D eigenvalue weighted by Crippen LogP contribution is -2.29. The fourth-order valence-corrected chi connectivity index (χ4v) is 4.46. The summed E-state index contributed by atoms with van der Waals surface area (Å²) in [7, 11) is 3.03. The largest absolute Gasteiger partial charge is 0.507 e. The Balaban J connectivity index is 1.60. The number of carbonyl (C=O) groups excluding carboxylic acids is 2. The van der Waals surface area contributed by atoms with Gasteiger partial charge in [0.25, 0.3) is 5.78 Å². The van der Waals surface area contributed by atoms with Gasteiger partial charge in [-0.15, -0.1) is 0 Å². The molecule has 1 amide bonds. The zero-order chi connectivity index (χ0) is 27.5. The maximum Gasteiger partial charge on any atom is 0.301 e. The summed E-state index contributed by atoms with van der Waals surface area (Å²) in [6.45, 7) is 2.01. The molecule has 1 fully saturated rings. The lowest BCUT2D eigenvalue weighted by atomic mass is 9.95. The molecule has 1 N–H and O–H groups in total. The van der Waals surface area contributed by atoms with Gasteiger partial charge < -0.3 is 23.8 Å². The molecule has 4 aromatic rings. The van der Waals surface area contributed by atoms with Crippen molar-refractivity contribution in [2.45, 2.75) is 19.6 Å². The van der Waals surface area contributed by atoms with Crippen LogP contribution in [0.3, 0.4) is 0 Å². The van der Waals surface area contributed by atoms with E-state index in [1.165, 1.54) is 19.1 Å². The highest BCUT2D eigenvalue weighted by Gasteiger charge is 2.48. The van der Waals surface area contributed by atoms with E-state index in [4.69, 9.17) is 18.7 Å². The Morgan fingerprint density at radius 1 is 0.949 bits per heavy atom. The molecular formula is C30H26N2O7. The lowest BCUT2D eigenvalue weighted by molar-refractivity contribution is -0.132. The Morgan fingerprint density at radius 2 is 1.69 bits per heavy atom.